The van der Waals surface area contributed by atoms with Crippen molar-refractivity contribution in [3.63, 3.8) is 0 Å². The average molecular weight is 395 g/mol. The molecule has 0 radical (unpaired) electrons. The van der Waals surface area contributed by atoms with E-state index >= 15 is 0 Å². The number of pyridine rings is 1. The smallest absolute Gasteiger partial charge is 0.272 e. The molecule has 0 bridgehead atoms. The number of benzene rings is 1. The van der Waals surface area contributed by atoms with Crippen LogP contribution in [-0.4, -0.2) is 62.2 Å². The van der Waals surface area contributed by atoms with Gasteiger partial charge in [-0.25, -0.2) is 4.98 Å². The van der Waals surface area contributed by atoms with Crippen molar-refractivity contribution in [3.8, 4) is 5.75 Å². The summed E-state index contributed by atoms with van der Waals surface area (Å²) in [6, 6.07) is 12.0. The second kappa shape index (κ2) is 8.72. The average Bonchev–Trinajstić information content (AvgIpc) is 2.79. The van der Waals surface area contributed by atoms with Gasteiger partial charge < -0.3 is 19.4 Å². The Morgan fingerprint density at radius 1 is 0.966 bits per heavy atom. The summed E-state index contributed by atoms with van der Waals surface area (Å²) in [5.74, 6) is 1.69. The molecule has 2 aliphatic rings. The first-order chi connectivity index (χ1) is 14.2. The van der Waals surface area contributed by atoms with Crippen molar-refractivity contribution in [3.05, 3.63) is 48.3 Å². The highest BCUT2D eigenvalue weighted by molar-refractivity contribution is 5.92. The van der Waals surface area contributed by atoms with E-state index in [1.807, 2.05) is 41.4 Å². The molecule has 0 spiro atoms. The molecule has 1 amide bonds. The monoisotopic (exact) mass is 394 g/mol. The Balaban J connectivity index is 1.36. The van der Waals surface area contributed by atoms with Crippen molar-refractivity contribution in [1.29, 1.82) is 0 Å². The van der Waals surface area contributed by atoms with Crippen LogP contribution in [0.25, 0.3) is 0 Å². The van der Waals surface area contributed by atoms with Gasteiger partial charge in [0.05, 0.1) is 24.7 Å². The molecule has 0 aliphatic carbocycles. The van der Waals surface area contributed by atoms with Crippen LogP contribution >= 0.6 is 0 Å². The zero-order valence-electron chi connectivity index (χ0n) is 17.4. The number of hydrogen-bond donors (Lipinski definition) is 0. The van der Waals surface area contributed by atoms with Gasteiger partial charge in [-0.1, -0.05) is 19.1 Å². The first-order valence-electron chi connectivity index (χ1n) is 10.5. The van der Waals surface area contributed by atoms with Gasteiger partial charge in [0.1, 0.15) is 11.4 Å². The fraction of sp³-hybridized carbons (Fsp3) is 0.478. The largest absolute Gasteiger partial charge is 0.495 e. The van der Waals surface area contributed by atoms with E-state index in [0.29, 0.717) is 18.8 Å². The van der Waals surface area contributed by atoms with Crippen LogP contribution in [0, 0.1) is 5.92 Å². The molecule has 1 aromatic carbocycles. The quantitative estimate of drug-likeness (QED) is 0.796. The lowest BCUT2D eigenvalue weighted by atomic mass is 9.99. The second-order valence-corrected chi connectivity index (χ2v) is 8.02. The minimum Gasteiger partial charge on any atom is -0.495 e. The molecule has 1 aromatic heterocycles. The van der Waals surface area contributed by atoms with Crippen LogP contribution in [0.4, 0.5) is 11.4 Å². The predicted molar refractivity (Wildman–Crippen MR) is 116 cm³/mol. The highest BCUT2D eigenvalue weighted by atomic mass is 16.5. The number of methoxy groups -OCH3 is 1. The summed E-state index contributed by atoms with van der Waals surface area (Å²) in [6.45, 7) is 7.40. The number of rotatable bonds is 4. The molecular formula is C23H30N4O2. The third-order valence-electron chi connectivity index (χ3n) is 6.11. The summed E-state index contributed by atoms with van der Waals surface area (Å²) in [4.78, 5) is 23.9. The first kappa shape index (κ1) is 19.6. The molecule has 0 N–H and O–H groups in total. The number of nitrogens with zero attached hydrogens (tertiary/aromatic N) is 4. The molecule has 3 heterocycles. The third kappa shape index (κ3) is 4.31. The van der Waals surface area contributed by atoms with Crippen molar-refractivity contribution in [2.45, 2.75) is 19.8 Å². The number of carbonyl (C=O) groups excluding carboxylic acids is 1. The minimum absolute atomic E-state index is 0.0171. The maximum atomic E-state index is 12.9. The van der Waals surface area contributed by atoms with Crippen LogP contribution in [0.5, 0.6) is 5.75 Å². The Morgan fingerprint density at radius 3 is 2.34 bits per heavy atom. The molecule has 2 fully saturated rings. The number of para-hydroxylation sites is 2. The number of aromatic nitrogens is 1. The Hall–Kier alpha value is -2.76. The van der Waals surface area contributed by atoms with Crippen molar-refractivity contribution < 1.29 is 9.53 Å². The van der Waals surface area contributed by atoms with Crippen molar-refractivity contribution in [2.24, 2.45) is 5.92 Å². The van der Waals surface area contributed by atoms with Crippen LogP contribution in [0.3, 0.4) is 0 Å². The standard InChI is InChI=1S/C23H30N4O2/c1-18-9-11-25(12-10-18)19-7-8-20(24-17-19)23(28)27-15-13-26(14-16-27)21-5-3-4-6-22(21)29-2/h3-8,17-18H,9-16H2,1-2H3. The van der Waals surface area contributed by atoms with E-state index in [1.165, 1.54) is 12.8 Å². The van der Waals surface area contributed by atoms with E-state index in [4.69, 9.17) is 4.74 Å². The van der Waals surface area contributed by atoms with Crippen molar-refractivity contribution in [2.75, 3.05) is 56.2 Å². The zero-order chi connectivity index (χ0) is 20.2. The van der Waals surface area contributed by atoms with E-state index in [-0.39, 0.29) is 5.91 Å². The number of ether oxygens (including phenoxy) is 1. The van der Waals surface area contributed by atoms with Crippen molar-refractivity contribution in [1.82, 2.24) is 9.88 Å². The number of piperidine rings is 1. The van der Waals surface area contributed by atoms with E-state index < -0.39 is 0 Å². The lowest BCUT2D eigenvalue weighted by Gasteiger charge is -2.36. The van der Waals surface area contributed by atoms with Gasteiger partial charge in [0.15, 0.2) is 0 Å². The fourth-order valence-corrected chi connectivity index (χ4v) is 4.17. The number of hydrogen-bond acceptors (Lipinski definition) is 5. The van der Waals surface area contributed by atoms with E-state index in [0.717, 1.165) is 49.2 Å². The molecule has 6 nitrogen and oxygen atoms in total. The van der Waals surface area contributed by atoms with Gasteiger partial charge in [0.2, 0.25) is 0 Å². The van der Waals surface area contributed by atoms with E-state index in [2.05, 4.69) is 27.8 Å². The third-order valence-corrected chi connectivity index (χ3v) is 6.11. The lowest BCUT2D eigenvalue weighted by Crippen LogP contribution is -2.49. The second-order valence-electron chi connectivity index (χ2n) is 8.02. The Morgan fingerprint density at radius 2 is 1.69 bits per heavy atom. The first-order valence-corrected chi connectivity index (χ1v) is 10.5. The minimum atomic E-state index is 0.0171. The lowest BCUT2D eigenvalue weighted by molar-refractivity contribution is 0.0741. The van der Waals surface area contributed by atoms with Crippen LogP contribution in [0.15, 0.2) is 42.6 Å². The summed E-state index contributed by atoms with van der Waals surface area (Å²) < 4.78 is 5.47. The van der Waals surface area contributed by atoms with Gasteiger partial charge in [-0.3, -0.25) is 4.79 Å². The summed E-state index contributed by atoms with van der Waals surface area (Å²) >= 11 is 0. The molecule has 6 heteroatoms. The van der Waals surface area contributed by atoms with Gasteiger partial charge in [-0.2, -0.15) is 0 Å². The van der Waals surface area contributed by atoms with Gasteiger partial charge in [-0.05, 0) is 43.0 Å². The van der Waals surface area contributed by atoms with Gasteiger partial charge in [0.25, 0.3) is 5.91 Å². The number of piperazine rings is 1. The summed E-state index contributed by atoms with van der Waals surface area (Å²) in [6.07, 6.45) is 4.29. The molecule has 0 saturated carbocycles. The Labute approximate surface area is 173 Å². The number of amides is 1. The molecule has 0 atom stereocenters. The predicted octanol–water partition coefficient (Wildman–Crippen LogP) is 3.29. The van der Waals surface area contributed by atoms with E-state index in [1.54, 1.807) is 7.11 Å². The van der Waals surface area contributed by atoms with Gasteiger partial charge in [-0.15, -0.1) is 0 Å². The van der Waals surface area contributed by atoms with Crippen LogP contribution in [0.2, 0.25) is 0 Å². The Kier molecular flexibility index (Phi) is 5.88. The molecule has 4 rings (SSSR count). The molecule has 2 aliphatic heterocycles. The van der Waals surface area contributed by atoms with Crippen molar-refractivity contribution >= 4 is 17.3 Å². The fourth-order valence-electron chi connectivity index (χ4n) is 4.17. The van der Waals surface area contributed by atoms with Crippen LogP contribution in [0.1, 0.15) is 30.3 Å². The van der Waals surface area contributed by atoms with E-state index in [9.17, 15) is 4.79 Å². The molecule has 29 heavy (non-hydrogen) atoms. The molecule has 2 saturated heterocycles. The highest BCUT2D eigenvalue weighted by Crippen LogP contribution is 2.28. The van der Waals surface area contributed by atoms with Gasteiger partial charge in [0, 0.05) is 39.3 Å². The highest BCUT2D eigenvalue weighted by Gasteiger charge is 2.25. The maximum Gasteiger partial charge on any atom is 0.272 e. The molecular weight excluding hydrogens is 364 g/mol. The van der Waals surface area contributed by atoms with Crippen LogP contribution in [-0.2, 0) is 0 Å². The number of carbonyl (C=O) groups is 1. The molecule has 154 valence electrons. The summed E-state index contributed by atoms with van der Waals surface area (Å²) in [7, 11) is 1.69. The number of anilines is 2. The maximum absolute atomic E-state index is 12.9. The molecule has 0 unspecified atom stereocenters. The van der Waals surface area contributed by atoms with Gasteiger partial charge >= 0.3 is 0 Å². The topological polar surface area (TPSA) is 48.9 Å². The summed E-state index contributed by atoms with van der Waals surface area (Å²) in [5, 5.41) is 0. The molecule has 2 aromatic rings. The SMILES string of the molecule is COc1ccccc1N1CCN(C(=O)c2ccc(N3CCC(C)CC3)cn2)CC1. The normalized spacial score (nSPS) is 18.1. The van der Waals surface area contributed by atoms with Crippen LogP contribution < -0.4 is 14.5 Å². The Bertz CT molecular complexity index is 823. The zero-order valence-corrected chi connectivity index (χ0v) is 17.4. The summed E-state index contributed by atoms with van der Waals surface area (Å²) in [5.41, 5.74) is 2.74.